The zero-order valence-corrected chi connectivity index (χ0v) is 41.1. The number of hydrogen-bond donors (Lipinski definition) is 2. The molecule has 74 heavy (non-hydrogen) atoms. The number of amides is 4. The predicted octanol–water partition coefficient (Wildman–Crippen LogP) is 13.2. The van der Waals surface area contributed by atoms with E-state index in [0.717, 1.165) is 43.9 Å². The Bertz CT molecular complexity index is 3110. The minimum atomic E-state index is -0.362. The number of carbonyl (C=O) groups is 4. The van der Waals surface area contributed by atoms with Crippen molar-refractivity contribution in [2.75, 3.05) is 21.3 Å². The molecule has 2 aliphatic heterocycles. The van der Waals surface area contributed by atoms with Crippen molar-refractivity contribution < 1.29 is 38.1 Å². The van der Waals surface area contributed by atoms with E-state index in [2.05, 4.69) is 52.0 Å². The Morgan fingerprint density at radius 1 is 0.284 bits per heavy atom. The number of carbonyl (C=O) groups excluding carboxylic acids is 4. The number of nitrogens with two attached hydrogens (primary N) is 2. The summed E-state index contributed by atoms with van der Waals surface area (Å²) in [5.41, 5.74) is 18.0. The molecule has 0 unspecified atom stereocenters. The van der Waals surface area contributed by atoms with Crippen molar-refractivity contribution in [3.63, 3.8) is 0 Å². The highest BCUT2D eigenvalue weighted by Crippen LogP contribution is 2.37. The van der Waals surface area contributed by atoms with Crippen molar-refractivity contribution in [2.45, 2.75) is 38.5 Å². The third-order valence-electron chi connectivity index (χ3n) is 12.8. The first-order valence-electron chi connectivity index (χ1n) is 23.8. The Hall–Kier alpha value is -9.68. The SMILES string of the molecule is CC(C)(c1ccc(Oc2ccc(N)cc2)cc1)c1ccc(Oc2ccc(N)cc2)cc1.CC(C)(c1ccc(Oc2ccc(N3C(=O)C=CC3=O)cc2)cc1)c1ccc(Oc2ccc(N3C(=O)C=CC3=O)cc2)cc1. The molecule has 8 aromatic carbocycles. The second kappa shape index (κ2) is 21.0. The van der Waals surface area contributed by atoms with E-state index in [0.29, 0.717) is 45.7 Å². The van der Waals surface area contributed by atoms with E-state index in [1.165, 1.54) is 35.4 Å². The summed E-state index contributed by atoms with van der Waals surface area (Å²) in [4.78, 5) is 49.8. The number of hydrogen-bond acceptors (Lipinski definition) is 10. The molecule has 0 radical (unpaired) electrons. The monoisotopic (exact) mass is 980 g/mol. The number of ether oxygens (including phenoxy) is 4. The van der Waals surface area contributed by atoms with Crippen LogP contribution in [0, 0.1) is 0 Å². The summed E-state index contributed by atoms with van der Waals surface area (Å²) < 4.78 is 23.8. The summed E-state index contributed by atoms with van der Waals surface area (Å²) >= 11 is 0. The Morgan fingerprint density at radius 3 is 0.662 bits per heavy atom. The smallest absolute Gasteiger partial charge is 0.258 e. The first kappa shape index (κ1) is 49.3. The minimum absolute atomic E-state index is 0.167. The lowest BCUT2D eigenvalue weighted by atomic mass is 9.78. The van der Waals surface area contributed by atoms with Gasteiger partial charge in [0.2, 0.25) is 0 Å². The summed E-state index contributed by atoms with van der Waals surface area (Å²) in [5, 5.41) is 0. The Labute approximate surface area is 429 Å². The van der Waals surface area contributed by atoms with Crippen molar-refractivity contribution in [2.24, 2.45) is 0 Å². The van der Waals surface area contributed by atoms with Crippen LogP contribution in [0.25, 0.3) is 0 Å². The summed E-state index contributed by atoms with van der Waals surface area (Å²) in [6.07, 6.45) is 5.01. The maximum absolute atomic E-state index is 11.9. The van der Waals surface area contributed by atoms with Gasteiger partial charge in [0, 0.05) is 46.5 Å². The highest BCUT2D eigenvalue weighted by molar-refractivity contribution is 6.28. The first-order chi connectivity index (χ1) is 35.6. The van der Waals surface area contributed by atoms with Gasteiger partial charge < -0.3 is 30.4 Å². The van der Waals surface area contributed by atoms with Crippen LogP contribution in [0.4, 0.5) is 22.7 Å². The fourth-order valence-electron chi connectivity index (χ4n) is 8.34. The molecule has 0 aromatic heterocycles. The molecule has 0 atom stereocenters. The molecular formula is C62H52N4O8. The Kier molecular flexibility index (Phi) is 14.0. The molecule has 368 valence electrons. The van der Waals surface area contributed by atoms with Crippen LogP contribution in [0.2, 0.25) is 0 Å². The molecule has 12 heteroatoms. The molecule has 8 aromatic rings. The van der Waals surface area contributed by atoms with E-state index in [1.807, 2.05) is 121 Å². The van der Waals surface area contributed by atoms with E-state index in [9.17, 15) is 19.2 Å². The molecule has 0 bridgehead atoms. The van der Waals surface area contributed by atoms with Gasteiger partial charge in [-0.3, -0.25) is 19.2 Å². The van der Waals surface area contributed by atoms with Gasteiger partial charge in [-0.25, -0.2) is 9.80 Å². The summed E-state index contributed by atoms with van der Waals surface area (Å²) in [6, 6.07) is 60.4. The van der Waals surface area contributed by atoms with Crippen molar-refractivity contribution in [3.8, 4) is 46.0 Å². The first-order valence-corrected chi connectivity index (χ1v) is 23.8. The van der Waals surface area contributed by atoms with Crippen molar-refractivity contribution >= 4 is 46.4 Å². The van der Waals surface area contributed by atoms with Crippen molar-refractivity contribution in [3.05, 3.63) is 241 Å². The number of nitrogens with zero attached hydrogens (tertiary/aromatic N) is 2. The maximum Gasteiger partial charge on any atom is 0.258 e. The number of rotatable bonds is 14. The fourth-order valence-corrected chi connectivity index (χ4v) is 8.34. The molecule has 4 N–H and O–H groups in total. The lowest BCUT2D eigenvalue weighted by Gasteiger charge is -2.26. The van der Waals surface area contributed by atoms with Gasteiger partial charge in [-0.15, -0.1) is 0 Å². The van der Waals surface area contributed by atoms with Crippen LogP contribution in [0.1, 0.15) is 49.9 Å². The highest BCUT2D eigenvalue weighted by atomic mass is 16.5. The van der Waals surface area contributed by atoms with Crippen molar-refractivity contribution in [1.82, 2.24) is 0 Å². The van der Waals surface area contributed by atoms with Gasteiger partial charge in [-0.1, -0.05) is 76.2 Å². The largest absolute Gasteiger partial charge is 0.457 e. The Morgan fingerprint density at radius 2 is 0.459 bits per heavy atom. The van der Waals surface area contributed by atoms with E-state index >= 15 is 0 Å². The predicted molar refractivity (Wildman–Crippen MR) is 288 cm³/mol. The molecular weight excluding hydrogens is 929 g/mol. The highest BCUT2D eigenvalue weighted by Gasteiger charge is 2.27. The van der Waals surface area contributed by atoms with Gasteiger partial charge in [-0.2, -0.15) is 0 Å². The van der Waals surface area contributed by atoms with Crippen LogP contribution in [0.15, 0.2) is 218 Å². The van der Waals surface area contributed by atoms with Crippen LogP contribution in [0.3, 0.4) is 0 Å². The zero-order valence-electron chi connectivity index (χ0n) is 41.1. The Balaban J connectivity index is 0.000000192. The van der Waals surface area contributed by atoms with Gasteiger partial charge in [0.15, 0.2) is 0 Å². The van der Waals surface area contributed by atoms with Crippen LogP contribution in [-0.2, 0) is 30.0 Å². The van der Waals surface area contributed by atoms with Crippen LogP contribution in [0.5, 0.6) is 46.0 Å². The molecule has 4 amide bonds. The van der Waals surface area contributed by atoms with Crippen LogP contribution < -0.4 is 40.2 Å². The molecule has 0 aliphatic carbocycles. The molecule has 0 saturated heterocycles. The standard InChI is InChI=1S/C35H26N2O6.C27H26N2O2/c1-35(2,23-3-11-27(12-4-23)42-29-15-7-25(8-16-29)36-31(38)19-20-32(36)39)24-5-13-28(14-6-24)43-30-17-9-26(10-18-30)37-33(40)21-22-34(37)41;1-27(2,19-3-11-23(12-4-19)30-25-15-7-21(28)8-16-25)20-5-13-24(14-6-20)31-26-17-9-22(29)10-18-26/h3-22H,1-2H3;3-18H,28-29H2,1-2H3. The van der Waals surface area contributed by atoms with Gasteiger partial charge in [0.25, 0.3) is 23.6 Å². The zero-order chi connectivity index (χ0) is 52.0. The van der Waals surface area contributed by atoms with E-state index in [1.54, 1.807) is 48.5 Å². The molecule has 0 fully saturated rings. The number of imide groups is 2. The summed E-state index contributed by atoms with van der Waals surface area (Å²) in [6.45, 7) is 8.70. The van der Waals surface area contributed by atoms with Crippen LogP contribution in [-0.4, -0.2) is 23.6 Å². The number of nitrogen functional groups attached to an aromatic ring is 2. The van der Waals surface area contributed by atoms with Gasteiger partial charge in [0.05, 0.1) is 11.4 Å². The molecule has 0 spiro atoms. The normalized spacial score (nSPS) is 13.2. The van der Waals surface area contributed by atoms with Crippen LogP contribution >= 0.6 is 0 Å². The molecule has 2 aliphatic rings. The lowest BCUT2D eigenvalue weighted by molar-refractivity contribution is -0.121. The van der Waals surface area contributed by atoms with Gasteiger partial charge in [0.1, 0.15) is 46.0 Å². The third-order valence-corrected chi connectivity index (χ3v) is 12.8. The van der Waals surface area contributed by atoms with E-state index in [-0.39, 0.29) is 34.5 Å². The number of benzene rings is 8. The van der Waals surface area contributed by atoms with Crippen molar-refractivity contribution in [1.29, 1.82) is 0 Å². The lowest BCUT2D eigenvalue weighted by Crippen LogP contribution is -2.29. The third kappa shape index (κ3) is 11.3. The van der Waals surface area contributed by atoms with Gasteiger partial charge in [-0.05, 0) is 168 Å². The number of anilines is 4. The fraction of sp³-hybridized carbons (Fsp3) is 0.0968. The second-order valence-electron chi connectivity index (χ2n) is 18.6. The molecule has 12 nitrogen and oxygen atoms in total. The quantitative estimate of drug-likeness (QED) is 0.0792. The summed E-state index contributed by atoms with van der Waals surface area (Å²) in [7, 11) is 0. The maximum atomic E-state index is 11.9. The minimum Gasteiger partial charge on any atom is -0.457 e. The topological polar surface area (TPSA) is 164 Å². The molecule has 0 saturated carbocycles. The molecule has 2 heterocycles. The van der Waals surface area contributed by atoms with Gasteiger partial charge >= 0.3 is 0 Å². The average molecular weight is 981 g/mol. The average Bonchev–Trinajstić information content (AvgIpc) is 3.93. The second-order valence-corrected chi connectivity index (χ2v) is 18.6. The van der Waals surface area contributed by atoms with E-state index in [4.69, 9.17) is 30.4 Å². The van der Waals surface area contributed by atoms with E-state index < -0.39 is 0 Å². The summed E-state index contributed by atoms with van der Waals surface area (Å²) in [5.74, 6) is 4.14. The molecule has 10 rings (SSSR count).